The molecule has 1 heterocycles. The zero-order valence-corrected chi connectivity index (χ0v) is 18.7. The Labute approximate surface area is 183 Å². The molecular formula is C23H32N2O4S. The van der Waals surface area contributed by atoms with Gasteiger partial charge in [-0.25, -0.2) is 0 Å². The second-order valence-corrected chi connectivity index (χ2v) is 8.76. The number of carbonyl (C=O) groups is 3. The van der Waals surface area contributed by atoms with Crippen LogP contribution in [0.25, 0.3) is 6.08 Å². The molecule has 2 amide bonds. The summed E-state index contributed by atoms with van der Waals surface area (Å²) >= 11 is 1.65. The summed E-state index contributed by atoms with van der Waals surface area (Å²) in [6.45, 7) is 8.21. The fourth-order valence-corrected chi connectivity index (χ4v) is 4.58. The molecule has 2 rings (SSSR count). The average molecular weight is 433 g/mol. The number of nitrogens with zero attached hydrogens (tertiary/aromatic N) is 1. The maximum absolute atomic E-state index is 12.2. The first-order valence-corrected chi connectivity index (χ1v) is 11.6. The molecule has 1 aliphatic rings. The SMILES string of the molecule is C=Cc1ccc(COC(=O)CCSCC(CC(C)NC(C)=O)N2CCCC2=O)cc1. The van der Waals surface area contributed by atoms with Crippen molar-refractivity contribution < 1.29 is 19.1 Å². The third-order valence-electron chi connectivity index (χ3n) is 5.00. The highest BCUT2D eigenvalue weighted by Gasteiger charge is 2.29. The zero-order chi connectivity index (χ0) is 21.9. The van der Waals surface area contributed by atoms with E-state index < -0.39 is 0 Å². The Morgan fingerprint density at radius 1 is 1.33 bits per heavy atom. The van der Waals surface area contributed by atoms with Crippen molar-refractivity contribution in [2.45, 2.75) is 58.2 Å². The maximum atomic E-state index is 12.2. The van der Waals surface area contributed by atoms with Crippen molar-refractivity contribution in [3.05, 3.63) is 42.0 Å². The standard InChI is InChI=1S/C23H32N2O4S/c1-4-19-7-9-20(10-8-19)15-29-23(28)11-13-30-16-21(14-17(2)24-18(3)26)25-12-5-6-22(25)27/h4,7-10,17,21H,1,5-6,11-16H2,2-3H3,(H,24,26). The Balaban J connectivity index is 1.73. The van der Waals surface area contributed by atoms with Crippen LogP contribution in [-0.2, 0) is 25.7 Å². The molecule has 1 aromatic rings. The van der Waals surface area contributed by atoms with E-state index >= 15 is 0 Å². The molecule has 0 bridgehead atoms. The first kappa shape index (κ1) is 24.0. The second kappa shape index (κ2) is 12.4. The molecule has 1 aromatic carbocycles. The van der Waals surface area contributed by atoms with Crippen LogP contribution in [0.3, 0.4) is 0 Å². The minimum absolute atomic E-state index is 0.000979. The second-order valence-electron chi connectivity index (χ2n) is 7.61. The molecule has 1 fully saturated rings. The summed E-state index contributed by atoms with van der Waals surface area (Å²) in [5, 5.41) is 2.89. The molecule has 0 aromatic heterocycles. The lowest BCUT2D eigenvalue weighted by Crippen LogP contribution is -2.43. The van der Waals surface area contributed by atoms with E-state index in [0.717, 1.165) is 29.8 Å². The largest absolute Gasteiger partial charge is 0.461 e. The topological polar surface area (TPSA) is 75.7 Å². The molecule has 0 saturated carbocycles. The van der Waals surface area contributed by atoms with Gasteiger partial charge in [-0.1, -0.05) is 36.9 Å². The molecular weight excluding hydrogens is 400 g/mol. The van der Waals surface area contributed by atoms with E-state index in [2.05, 4.69) is 11.9 Å². The Morgan fingerprint density at radius 3 is 2.67 bits per heavy atom. The van der Waals surface area contributed by atoms with Crippen LogP contribution in [0, 0.1) is 0 Å². The molecule has 7 heteroatoms. The molecule has 2 atom stereocenters. The first-order valence-electron chi connectivity index (χ1n) is 10.4. The fourth-order valence-electron chi connectivity index (χ4n) is 3.52. The number of ether oxygens (including phenoxy) is 1. The lowest BCUT2D eigenvalue weighted by molar-refractivity contribution is -0.144. The van der Waals surface area contributed by atoms with Crippen molar-refractivity contribution in [2.75, 3.05) is 18.1 Å². The number of carbonyl (C=O) groups excluding carboxylic acids is 3. The number of esters is 1. The maximum Gasteiger partial charge on any atom is 0.306 e. The number of amides is 2. The minimum atomic E-state index is -0.226. The van der Waals surface area contributed by atoms with Gasteiger partial charge < -0.3 is 15.0 Å². The van der Waals surface area contributed by atoms with Gasteiger partial charge >= 0.3 is 5.97 Å². The molecule has 0 spiro atoms. The van der Waals surface area contributed by atoms with Gasteiger partial charge in [-0.2, -0.15) is 11.8 Å². The van der Waals surface area contributed by atoms with Gasteiger partial charge in [0, 0.05) is 43.5 Å². The Morgan fingerprint density at radius 2 is 2.07 bits per heavy atom. The molecule has 6 nitrogen and oxygen atoms in total. The number of rotatable bonds is 12. The van der Waals surface area contributed by atoms with Gasteiger partial charge in [-0.3, -0.25) is 14.4 Å². The third-order valence-corrected chi connectivity index (χ3v) is 6.12. The molecule has 1 saturated heterocycles. The summed E-state index contributed by atoms with van der Waals surface area (Å²) in [4.78, 5) is 37.4. The Hall–Kier alpha value is -2.28. The summed E-state index contributed by atoms with van der Waals surface area (Å²) in [6.07, 6.45) is 4.29. The van der Waals surface area contributed by atoms with Gasteiger partial charge in [0.2, 0.25) is 11.8 Å². The Bertz CT molecular complexity index is 735. The lowest BCUT2D eigenvalue weighted by atomic mass is 10.1. The minimum Gasteiger partial charge on any atom is -0.461 e. The van der Waals surface area contributed by atoms with E-state index in [9.17, 15) is 14.4 Å². The van der Waals surface area contributed by atoms with Crippen molar-refractivity contribution in [2.24, 2.45) is 0 Å². The van der Waals surface area contributed by atoms with Gasteiger partial charge in [0.15, 0.2) is 0 Å². The van der Waals surface area contributed by atoms with E-state index in [0.29, 0.717) is 25.0 Å². The summed E-state index contributed by atoms with van der Waals surface area (Å²) in [7, 11) is 0. The molecule has 164 valence electrons. The predicted molar refractivity (Wildman–Crippen MR) is 121 cm³/mol. The van der Waals surface area contributed by atoms with Crippen LogP contribution >= 0.6 is 11.8 Å². The summed E-state index contributed by atoms with van der Waals surface area (Å²) in [6, 6.07) is 7.78. The highest BCUT2D eigenvalue weighted by Crippen LogP contribution is 2.21. The van der Waals surface area contributed by atoms with Crippen molar-refractivity contribution >= 4 is 35.6 Å². The van der Waals surface area contributed by atoms with E-state index in [4.69, 9.17) is 4.74 Å². The fraction of sp³-hybridized carbons (Fsp3) is 0.522. The zero-order valence-electron chi connectivity index (χ0n) is 17.9. The summed E-state index contributed by atoms with van der Waals surface area (Å²) < 4.78 is 5.34. The van der Waals surface area contributed by atoms with Crippen LogP contribution in [0.1, 0.15) is 50.7 Å². The average Bonchev–Trinajstić information content (AvgIpc) is 3.14. The van der Waals surface area contributed by atoms with Crippen LogP contribution in [-0.4, -0.2) is 52.8 Å². The van der Waals surface area contributed by atoms with Gasteiger partial charge in [-0.15, -0.1) is 0 Å². The van der Waals surface area contributed by atoms with Crippen LogP contribution in [0.4, 0.5) is 0 Å². The normalized spacial score (nSPS) is 15.5. The molecule has 0 radical (unpaired) electrons. The van der Waals surface area contributed by atoms with Crippen molar-refractivity contribution in [1.29, 1.82) is 0 Å². The van der Waals surface area contributed by atoms with Crippen molar-refractivity contribution in [3.8, 4) is 0 Å². The quantitative estimate of drug-likeness (QED) is 0.405. The number of hydrogen-bond acceptors (Lipinski definition) is 5. The van der Waals surface area contributed by atoms with Crippen LogP contribution in [0.15, 0.2) is 30.8 Å². The van der Waals surface area contributed by atoms with Crippen molar-refractivity contribution in [3.63, 3.8) is 0 Å². The number of likely N-dealkylation sites (tertiary alicyclic amines) is 1. The van der Waals surface area contributed by atoms with Crippen LogP contribution in [0.5, 0.6) is 0 Å². The lowest BCUT2D eigenvalue weighted by Gasteiger charge is -2.30. The Kier molecular flexibility index (Phi) is 9.94. The van der Waals surface area contributed by atoms with E-state index in [1.54, 1.807) is 17.8 Å². The monoisotopic (exact) mass is 432 g/mol. The van der Waals surface area contributed by atoms with Crippen LogP contribution in [0.2, 0.25) is 0 Å². The van der Waals surface area contributed by atoms with Crippen molar-refractivity contribution in [1.82, 2.24) is 10.2 Å². The van der Waals surface area contributed by atoms with Gasteiger partial charge in [0.1, 0.15) is 6.61 Å². The molecule has 2 unspecified atom stereocenters. The number of nitrogens with one attached hydrogen (secondary N) is 1. The predicted octanol–water partition coefficient (Wildman–Crippen LogP) is 3.40. The third kappa shape index (κ3) is 8.22. The molecule has 1 aliphatic heterocycles. The van der Waals surface area contributed by atoms with E-state index in [-0.39, 0.29) is 36.5 Å². The molecule has 30 heavy (non-hydrogen) atoms. The summed E-state index contributed by atoms with van der Waals surface area (Å²) in [5.41, 5.74) is 1.97. The van der Waals surface area contributed by atoms with Gasteiger partial charge in [0.05, 0.1) is 6.42 Å². The number of benzene rings is 1. The first-order chi connectivity index (χ1) is 14.4. The van der Waals surface area contributed by atoms with Crippen LogP contribution < -0.4 is 5.32 Å². The van der Waals surface area contributed by atoms with E-state index in [1.807, 2.05) is 36.1 Å². The highest BCUT2D eigenvalue weighted by atomic mass is 32.2. The molecule has 0 aliphatic carbocycles. The van der Waals surface area contributed by atoms with Gasteiger partial charge in [0.25, 0.3) is 0 Å². The molecule has 1 N–H and O–H groups in total. The van der Waals surface area contributed by atoms with E-state index in [1.165, 1.54) is 6.92 Å². The number of hydrogen-bond donors (Lipinski definition) is 1. The number of thioether (sulfide) groups is 1. The highest BCUT2D eigenvalue weighted by molar-refractivity contribution is 7.99. The van der Waals surface area contributed by atoms with Gasteiger partial charge in [-0.05, 0) is 30.9 Å². The summed E-state index contributed by atoms with van der Waals surface area (Å²) in [5.74, 6) is 1.27. The smallest absolute Gasteiger partial charge is 0.306 e.